The van der Waals surface area contributed by atoms with Crippen LogP contribution in [0.2, 0.25) is 0 Å². The van der Waals surface area contributed by atoms with Crippen LogP contribution < -0.4 is 5.73 Å². The Morgan fingerprint density at radius 3 is 2.80 bits per heavy atom. The molecule has 0 bridgehead atoms. The third-order valence-corrected chi connectivity index (χ3v) is 4.63. The van der Waals surface area contributed by atoms with Gasteiger partial charge in [-0.25, -0.2) is 0 Å². The lowest BCUT2D eigenvalue weighted by Crippen LogP contribution is -2.53. The van der Waals surface area contributed by atoms with E-state index in [9.17, 15) is 4.79 Å². The highest BCUT2D eigenvalue weighted by Crippen LogP contribution is 2.24. The molecule has 2 atom stereocenters. The molecule has 2 fully saturated rings. The van der Waals surface area contributed by atoms with Gasteiger partial charge in [0.1, 0.15) is 0 Å². The van der Waals surface area contributed by atoms with E-state index in [4.69, 9.17) is 5.73 Å². The Morgan fingerprint density at radius 2 is 2.05 bits per heavy atom. The highest BCUT2D eigenvalue weighted by Gasteiger charge is 2.34. The number of amides is 1. The average molecular weight is 273 g/mol. The third kappa shape index (κ3) is 2.58. The molecule has 20 heavy (non-hydrogen) atoms. The Balaban J connectivity index is 1.71. The van der Waals surface area contributed by atoms with Crippen LogP contribution in [0.15, 0.2) is 30.3 Å². The van der Waals surface area contributed by atoms with Crippen molar-refractivity contribution >= 4 is 5.91 Å². The first-order chi connectivity index (χ1) is 9.79. The lowest BCUT2D eigenvalue weighted by Gasteiger charge is -2.38. The number of hydrogen-bond acceptors (Lipinski definition) is 3. The van der Waals surface area contributed by atoms with Crippen molar-refractivity contribution in [2.45, 2.75) is 24.8 Å². The summed E-state index contributed by atoms with van der Waals surface area (Å²) < 4.78 is 0. The predicted octanol–water partition coefficient (Wildman–Crippen LogP) is 1.04. The highest BCUT2D eigenvalue weighted by molar-refractivity contribution is 5.84. The number of hydrogen-bond donors (Lipinski definition) is 1. The van der Waals surface area contributed by atoms with Crippen molar-refractivity contribution in [2.75, 3.05) is 32.7 Å². The van der Waals surface area contributed by atoms with Gasteiger partial charge < -0.3 is 10.6 Å². The molecular weight excluding hydrogens is 250 g/mol. The van der Waals surface area contributed by atoms with Gasteiger partial charge in [-0.15, -0.1) is 0 Å². The van der Waals surface area contributed by atoms with E-state index in [1.807, 2.05) is 35.2 Å². The quantitative estimate of drug-likeness (QED) is 0.895. The minimum atomic E-state index is -0.191. The fraction of sp³-hybridized carbons (Fsp3) is 0.562. The first-order valence-electron chi connectivity index (χ1n) is 7.57. The normalized spacial score (nSPS) is 24.4. The molecule has 2 heterocycles. The van der Waals surface area contributed by atoms with E-state index in [0.29, 0.717) is 12.6 Å². The molecule has 0 aromatic heterocycles. The summed E-state index contributed by atoms with van der Waals surface area (Å²) in [6.45, 7) is 4.32. The van der Waals surface area contributed by atoms with Crippen molar-refractivity contribution in [3.8, 4) is 0 Å². The maximum Gasteiger partial charge on any atom is 0.231 e. The van der Waals surface area contributed by atoms with Crippen molar-refractivity contribution in [1.29, 1.82) is 0 Å². The summed E-state index contributed by atoms with van der Waals surface area (Å²) in [7, 11) is 0. The van der Waals surface area contributed by atoms with Gasteiger partial charge in [-0.1, -0.05) is 30.3 Å². The molecule has 1 aromatic rings. The van der Waals surface area contributed by atoms with Gasteiger partial charge in [0, 0.05) is 32.2 Å². The number of piperazine rings is 1. The van der Waals surface area contributed by atoms with Gasteiger partial charge in [-0.2, -0.15) is 0 Å². The minimum Gasteiger partial charge on any atom is -0.339 e. The molecule has 2 N–H and O–H groups in total. The molecular formula is C16H23N3O. The van der Waals surface area contributed by atoms with E-state index < -0.39 is 0 Å². The summed E-state index contributed by atoms with van der Waals surface area (Å²) in [5.74, 6) is 0.00871. The van der Waals surface area contributed by atoms with Gasteiger partial charge in [0.2, 0.25) is 5.91 Å². The van der Waals surface area contributed by atoms with Crippen LogP contribution >= 0.6 is 0 Å². The maximum atomic E-state index is 12.7. The van der Waals surface area contributed by atoms with Crippen LogP contribution in [-0.2, 0) is 4.79 Å². The SMILES string of the molecule is NCC(C(=O)N1CCN2CCCC2C1)c1ccccc1. The molecule has 0 aliphatic carbocycles. The van der Waals surface area contributed by atoms with Gasteiger partial charge in [-0.05, 0) is 24.9 Å². The van der Waals surface area contributed by atoms with Crippen molar-refractivity contribution in [3.05, 3.63) is 35.9 Å². The zero-order chi connectivity index (χ0) is 13.9. The molecule has 3 rings (SSSR count). The van der Waals surface area contributed by atoms with Gasteiger partial charge in [0.05, 0.1) is 5.92 Å². The molecule has 2 aliphatic rings. The molecule has 0 spiro atoms. The molecule has 0 radical (unpaired) electrons. The van der Waals surface area contributed by atoms with Crippen LogP contribution in [0.1, 0.15) is 24.3 Å². The number of benzene rings is 1. The highest BCUT2D eigenvalue weighted by atomic mass is 16.2. The van der Waals surface area contributed by atoms with Crippen LogP contribution in [0.25, 0.3) is 0 Å². The average Bonchev–Trinajstić information content (AvgIpc) is 2.96. The Kier molecular flexibility index (Phi) is 4.03. The standard InChI is InChI=1S/C16H23N3O/c17-11-15(13-5-2-1-3-6-13)16(20)19-10-9-18-8-4-7-14(18)12-19/h1-3,5-6,14-15H,4,7-12,17H2. The first kappa shape index (κ1) is 13.6. The van der Waals surface area contributed by atoms with Crippen molar-refractivity contribution in [2.24, 2.45) is 5.73 Å². The van der Waals surface area contributed by atoms with Gasteiger partial charge in [0.25, 0.3) is 0 Å². The summed E-state index contributed by atoms with van der Waals surface area (Å²) in [5, 5.41) is 0. The number of fused-ring (bicyclic) bond motifs is 1. The second-order valence-corrected chi connectivity index (χ2v) is 5.82. The number of nitrogens with two attached hydrogens (primary N) is 1. The Bertz CT molecular complexity index is 462. The molecule has 4 heteroatoms. The predicted molar refractivity (Wildman–Crippen MR) is 79.4 cm³/mol. The van der Waals surface area contributed by atoms with Crippen molar-refractivity contribution in [3.63, 3.8) is 0 Å². The second kappa shape index (κ2) is 5.94. The lowest BCUT2D eigenvalue weighted by atomic mass is 9.97. The number of carbonyl (C=O) groups excluding carboxylic acids is 1. The largest absolute Gasteiger partial charge is 0.339 e. The van der Waals surface area contributed by atoms with Gasteiger partial charge >= 0.3 is 0 Å². The first-order valence-corrected chi connectivity index (χ1v) is 7.57. The summed E-state index contributed by atoms with van der Waals surface area (Å²) >= 11 is 0. The number of carbonyl (C=O) groups is 1. The van der Waals surface area contributed by atoms with E-state index in [1.165, 1.54) is 19.4 Å². The van der Waals surface area contributed by atoms with E-state index in [-0.39, 0.29) is 11.8 Å². The fourth-order valence-corrected chi connectivity index (χ4v) is 3.48. The van der Waals surface area contributed by atoms with Crippen LogP contribution in [0.3, 0.4) is 0 Å². The van der Waals surface area contributed by atoms with Crippen LogP contribution in [0.5, 0.6) is 0 Å². The molecule has 2 saturated heterocycles. The van der Waals surface area contributed by atoms with Crippen LogP contribution in [-0.4, -0.2) is 54.5 Å². The molecule has 4 nitrogen and oxygen atoms in total. The van der Waals surface area contributed by atoms with Crippen LogP contribution in [0, 0.1) is 0 Å². The maximum absolute atomic E-state index is 12.7. The zero-order valence-corrected chi connectivity index (χ0v) is 11.9. The summed E-state index contributed by atoms with van der Waals surface area (Å²) in [4.78, 5) is 17.3. The minimum absolute atomic E-state index is 0.191. The lowest BCUT2D eigenvalue weighted by molar-refractivity contribution is -0.135. The van der Waals surface area contributed by atoms with Crippen molar-refractivity contribution in [1.82, 2.24) is 9.80 Å². The number of nitrogens with zero attached hydrogens (tertiary/aromatic N) is 2. The fourth-order valence-electron chi connectivity index (χ4n) is 3.48. The Morgan fingerprint density at radius 1 is 1.25 bits per heavy atom. The van der Waals surface area contributed by atoms with Gasteiger partial charge in [-0.3, -0.25) is 9.69 Å². The third-order valence-electron chi connectivity index (χ3n) is 4.63. The molecule has 2 unspecified atom stereocenters. The van der Waals surface area contributed by atoms with Gasteiger partial charge in [0.15, 0.2) is 0 Å². The van der Waals surface area contributed by atoms with Crippen molar-refractivity contribution < 1.29 is 4.79 Å². The van der Waals surface area contributed by atoms with E-state index in [2.05, 4.69) is 4.90 Å². The van der Waals surface area contributed by atoms with E-state index in [1.54, 1.807) is 0 Å². The molecule has 1 amide bonds. The second-order valence-electron chi connectivity index (χ2n) is 5.82. The smallest absolute Gasteiger partial charge is 0.231 e. The number of rotatable bonds is 3. The topological polar surface area (TPSA) is 49.6 Å². The molecule has 1 aromatic carbocycles. The van der Waals surface area contributed by atoms with E-state index >= 15 is 0 Å². The Labute approximate surface area is 120 Å². The van der Waals surface area contributed by atoms with Crippen LogP contribution in [0.4, 0.5) is 0 Å². The summed E-state index contributed by atoms with van der Waals surface area (Å²) in [6, 6.07) is 10.5. The monoisotopic (exact) mass is 273 g/mol. The zero-order valence-electron chi connectivity index (χ0n) is 11.9. The summed E-state index contributed by atoms with van der Waals surface area (Å²) in [5.41, 5.74) is 6.90. The molecule has 2 aliphatic heterocycles. The van der Waals surface area contributed by atoms with E-state index in [0.717, 1.165) is 25.2 Å². The molecule has 0 saturated carbocycles. The molecule has 108 valence electrons. The summed E-state index contributed by atoms with van der Waals surface area (Å²) in [6.07, 6.45) is 2.49. The Hall–Kier alpha value is -1.39.